The van der Waals surface area contributed by atoms with Gasteiger partial charge >= 0.3 is 0 Å². The molecule has 0 saturated heterocycles. The van der Waals surface area contributed by atoms with Crippen LogP contribution in [0.4, 0.5) is 0 Å². The van der Waals surface area contributed by atoms with Crippen molar-refractivity contribution in [2.45, 2.75) is 91.5 Å². The molecule has 0 aliphatic heterocycles. The van der Waals surface area contributed by atoms with Crippen molar-refractivity contribution in [2.75, 3.05) is 6.54 Å². The topological polar surface area (TPSA) is 12.0 Å². The summed E-state index contributed by atoms with van der Waals surface area (Å²) in [5.74, 6) is 2.82. The quantitative estimate of drug-likeness (QED) is 0.590. The number of nitrogens with one attached hydrogen (secondary N) is 1. The van der Waals surface area contributed by atoms with Gasteiger partial charge in [0.15, 0.2) is 0 Å². The standard InChI is InChI=1S/C18H37N/c1-5-8-9-16-10-12-17(13-11-16)18(15(4)7-3)19-14-6-2/h15-19H,5-14H2,1-4H3. The highest BCUT2D eigenvalue weighted by molar-refractivity contribution is 4.84. The summed E-state index contributed by atoms with van der Waals surface area (Å²) in [4.78, 5) is 0. The Kier molecular flexibility index (Phi) is 8.77. The summed E-state index contributed by atoms with van der Waals surface area (Å²) in [5, 5.41) is 3.85. The van der Waals surface area contributed by atoms with Crippen LogP contribution in [0.1, 0.15) is 85.5 Å². The summed E-state index contributed by atoms with van der Waals surface area (Å²) in [6.07, 6.45) is 12.8. The zero-order valence-electron chi connectivity index (χ0n) is 13.9. The van der Waals surface area contributed by atoms with Crippen molar-refractivity contribution in [3.63, 3.8) is 0 Å². The van der Waals surface area contributed by atoms with Gasteiger partial charge in [0.05, 0.1) is 0 Å². The van der Waals surface area contributed by atoms with E-state index in [-0.39, 0.29) is 0 Å². The van der Waals surface area contributed by atoms with Crippen LogP contribution in [-0.4, -0.2) is 12.6 Å². The molecule has 2 atom stereocenters. The third-order valence-electron chi connectivity index (χ3n) is 5.25. The molecule has 114 valence electrons. The molecule has 1 heteroatoms. The van der Waals surface area contributed by atoms with Crippen molar-refractivity contribution in [1.82, 2.24) is 5.32 Å². The molecule has 1 fully saturated rings. The first kappa shape index (κ1) is 17.0. The Labute approximate surface area is 121 Å². The molecule has 0 heterocycles. The van der Waals surface area contributed by atoms with Crippen LogP contribution in [0, 0.1) is 17.8 Å². The van der Waals surface area contributed by atoms with E-state index in [9.17, 15) is 0 Å². The highest BCUT2D eigenvalue weighted by Gasteiger charge is 2.29. The first-order valence-electron chi connectivity index (χ1n) is 8.96. The van der Waals surface area contributed by atoms with E-state index in [1.165, 1.54) is 64.3 Å². The van der Waals surface area contributed by atoms with Gasteiger partial charge in [0.25, 0.3) is 0 Å². The number of rotatable bonds is 9. The van der Waals surface area contributed by atoms with Gasteiger partial charge in [-0.2, -0.15) is 0 Å². The average Bonchev–Trinajstić information content (AvgIpc) is 2.46. The molecule has 1 N–H and O–H groups in total. The van der Waals surface area contributed by atoms with Gasteiger partial charge in [-0.1, -0.05) is 66.2 Å². The molecule has 0 radical (unpaired) electrons. The third-order valence-corrected chi connectivity index (χ3v) is 5.25. The lowest BCUT2D eigenvalue weighted by Crippen LogP contribution is -2.43. The Morgan fingerprint density at radius 1 is 1.00 bits per heavy atom. The summed E-state index contributed by atoms with van der Waals surface area (Å²) in [7, 11) is 0. The van der Waals surface area contributed by atoms with Crippen molar-refractivity contribution >= 4 is 0 Å². The minimum absolute atomic E-state index is 0.775. The van der Waals surface area contributed by atoms with Crippen LogP contribution in [0.2, 0.25) is 0 Å². The van der Waals surface area contributed by atoms with E-state index in [1.54, 1.807) is 0 Å². The van der Waals surface area contributed by atoms with Gasteiger partial charge in [0.2, 0.25) is 0 Å². The van der Waals surface area contributed by atoms with Crippen molar-refractivity contribution in [3.8, 4) is 0 Å². The Morgan fingerprint density at radius 2 is 1.68 bits per heavy atom. The van der Waals surface area contributed by atoms with Crippen molar-refractivity contribution in [3.05, 3.63) is 0 Å². The van der Waals surface area contributed by atoms with Crippen LogP contribution >= 0.6 is 0 Å². The monoisotopic (exact) mass is 267 g/mol. The molecule has 1 rings (SSSR count). The first-order chi connectivity index (χ1) is 9.22. The lowest BCUT2D eigenvalue weighted by atomic mass is 9.73. The van der Waals surface area contributed by atoms with Gasteiger partial charge in [0, 0.05) is 6.04 Å². The van der Waals surface area contributed by atoms with Crippen LogP contribution in [0.3, 0.4) is 0 Å². The number of unbranched alkanes of at least 4 members (excludes halogenated alkanes) is 1. The molecule has 0 aromatic carbocycles. The van der Waals surface area contributed by atoms with E-state index < -0.39 is 0 Å². The molecule has 0 amide bonds. The Bertz CT molecular complexity index is 206. The van der Waals surface area contributed by atoms with Gasteiger partial charge < -0.3 is 5.32 Å². The van der Waals surface area contributed by atoms with E-state index in [2.05, 4.69) is 33.0 Å². The maximum atomic E-state index is 3.85. The molecule has 0 spiro atoms. The average molecular weight is 268 g/mol. The Balaban J connectivity index is 2.40. The fourth-order valence-electron chi connectivity index (χ4n) is 3.73. The summed E-state index contributed by atoms with van der Waals surface area (Å²) >= 11 is 0. The van der Waals surface area contributed by atoms with Gasteiger partial charge in [-0.25, -0.2) is 0 Å². The SMILES string of the molecule is CCCCC1CCC(C(NCCC)C(C)CC)CC1. The largest absolute Gasteiger partial charge is 0.313 e. The van der Waals surface area contributed by atoms with Crippen LogP contribution in [0.5, 0.6) is 0 Å². The summed E-state index contributed by atoms with van der Waals surface area (Å²) in [6, 6.07) is 0.775. The molecule has 0 aromatic heterocycles. The second kappa shape index (κ2) is 9.80. The molecule has 0 bridgehead atoms. The summed E-state index contributed by atoms with van der Waals surface area (Å²) in [5.41, 5.74) is 0. The molecule has 19 heavy (non-hydrogen) atoms. The maximum absolute atomic E-state index is 3.85. The van der Waals surface area contributed by atoms with E-state index in [0.29, 0.717) is 0 Å². The van der Waals surface area contributed by atoms with Crippen LogP contribution < -0.4 is 5.32 Å². The lowest BCUT2D eigenvalue weighted by Gasteiger charge is -2.37. The molecule has 0 aromatic rings. The first-order valence-corrected chi connectivity index (χ1v) is 8.96. The molecule has 1 aliphatic carbocycles. The summed E-state index contributed by atoms with van der Waals surface area (Å²) in [6.45, 7) is 10.6. The Morgan fingerprint density at radius 3 is 2.21 bits per heavy atom. The predicted molar refractivity (Wildman–Crippen MR) is 86.5 cm³/mol. The second-order valence-corrected chi connectivity index (χ2v) is 6.79. The van der Waals surface area contributed by atoms with E-state index >= 15 is 0 Å². The van der Waals surface area contributed by atoms with E-state index in [1.807, 2.05) is 0 Å². The molecular weight excluding hydrogens is 230 g/mol. The highest BCUT2D eigenvalue weighted by atomic mass is 14.9. The molecule has 2 unspecified atom stereocenters. The minimum Gasteiger partial charge on any atom is -0.313 e. The molecule has 1 aliphatic rings. The number of hydrogen-bond acceptors (Lipinski definition) is 1. The van der Waals surface area contributed by atoms with Crippen LogP contribution in [0.25, 0.3) is 0 Å². The smallest absolute Gasteiger partial charge is 0.0121 e. The maximum Gasteiger partial charge on any atom is 0.0121 e. The van der Waals surface area contributed by atoms with Crippen molar-refractivity contribution in [2.24, 2.45) is 17.8 Å². The zero-order valence-corrected chi connectivity index (χ0v) is 13.9. The highest BCUT2D eigenvalue weighted by Crippen LogP contribution is 2.35. The normalized spacial score (nSPS) is 27.2. The lowest BCUT2D eigenvalue weighted by molar-refractivity contribution is 0.176. The van der Waals surface area contributed by atoms with Crippen molar-refractivity contribution in [1.29, 1.82) is 0 Å². The van der Waals surface area contributed by atoms with Gasteiger partial charge in [-0.3, -0.25) is 0 Å². The summed E-state index contributed by atoms with van der Waals surface area (Å²) < 4.78 is 0. The third kappa shape index (κ3) is 5.85. The van der Waals surface area contributed by atoms with Gasteiger partial charge in [-0.05, 0) is 43.6 Å². The van der Waals surface area contributed by atoms with Crippen LogP contribution in [-0.2, 0) is 0 Å². The Hall–Kier alpha value is -0.0400. The molecule has 1 nitrogen and oxygen atoms in total. The van der Waals surface area contributed by atoms with Gasteiger partial charge in [-0.15, -0.1) is 0 Å². The fraction of sp³-hybridized carbons (Fsp3) is 1.00. The number of hydrogen-bond donors (Lipinski definition) is 1. The fourth-order valence-corrected chi connectivity index (χ4v) is 3.73. The van der Waals surface area contributed by atoms with Crippen LogP contribution in [0.15, 0.2) is 0 Å². The second-order valence-electron chi connectivity index (χ2n) is 6.79. The van der Waals surface area contributed by atoms with Crippen molar-refractivity contribution < 1.29 is 0 Å². The predicted octanol–water partition coefficient (Wildman–Crippen LogP) is 5.40. The molecular formula is C18H37N. The van der Waals surface area contributed by atoms with Gasteiger partial charge in [0.1, 0.15) is 0 Å². The van der Waals surface area contributed by atoms with E-state index in [0.717, 1.165) is 23.8 Å². The minimum atomic E-state index is 0.775. The molecule has 1 saturated carbocycles. The zero-order chi connectivity index (χ0) is 14.1. The van der Waals surface area contributed by atoms with E-state index in [4.69, 9.17) is 0 Å².